The second-order valence-corrected chi connectivity index (χ2v) is 28.4. The second-order valence-electron chi connectivity index (χ2n) is 28.4. The van der Waals surface area contributed by atoms with Gasteiger partial charge in [0.1, 0.15) is 0 Å². The Kier molecular flexibility index (Phi) is 77.8. The summed E-state index contributed by atoms with van der Waals surface area (Å²) in [6.45, 7) is 4.95. The normalized spacial score (nSPS) is 12.6. The molecule has 0 rings (SSSR count). The first-order valence-corrected chi connectivity index (χ1v) is 41.3. The first-order valence-electron chi connectivity index (χ1n) is 41.3. The quantitative estimate of drug-likeness (QED) is 0.0320. The number of allylic oxidation sites excluding steroid dienone is 5. The lowest BCUT2D eigenvalue weighted by Gasteiger charge is -2.20. The molecule has 0 radical (unpaired) electrons. The van der Waals surface area contributed by atoms with Gasteiger partial charge in [0.05, 0.1) is 25.4 Å². The zero-order valence-corrected chi connectivity index (χ0v) is 61.1. The van der Waals surface area contributed by atoms with Crippen molar-refractivity contribution in [1.82, 2.24) is 5.32 Å². The Morgan fingerprint density at radius 1 is 0.300 bits per heavy atom. The van der Waals surface area contributed by atoms with Crippen LogP contribution in [0.4, 0.5) is 0 Å². The van der Waals surface area contributed by atoms with E-state index in [0.717, 1.165) is 38.5 Å². The van der Waals surface area contributed by atoms with Gasteiger partial charge in [0.15, 0.2) is 0 Å². The van der Waals surface area contributed by atoms with E-state index < -0.39 is 12.1 Å². The van der Waals surface area contributed by atoms with E-state index in [2.05, 4.69) is 43.5 Å². The van der Waals surface area contributed by atoms with E-state index in [4.69, 9.17) is 4.74 Å². The van der Waals surface area contributed by atoms with Crippen molar-refractivity contribution in [3.8, 4) is 0 Å². The first-order chi connectivity index (χ1) is 44.5. The van der Waals surface area contributed by atoms with E-state index in [1.54, 1.807) is 6.08 Å². The van der Waals surface area contributed by atoms with Crippen molar-refractivity contribution in [3.63, 3.8) is 0 Å². The molecule has 0 aromatic rings. The summed E-state index contributed by atoms with van der Waals surface area (Å²) in [7, 11) is 0. The Morgan fingerprint density at radius 3 is 0.789 bits per heavy atom. The molecule has 0 aromatic heterocycles. The predicted molar refractivity (Wildman–Crippen MR) is 398 cm³/mol. The van der Waals surface area contributed by atoms with Gasteiger partial charge < -0.3 is 20.3 Å². The number of ether oxygens (including phenoxy) is 1. The van der Waals surface area contributed by atoms with Crippen LogP contribution in [0.15, 0.2) is 36.5 Å². The molecule has 0 aromatic carbocycles. The monoisotopic (exact) mass is 1260 g/mol. The van der Waals surface area contributed by atoms with E-state index >= 15 is 0 Å². The number of hydrogen-bond donors (Lipinski definition) is 3. The molecule has 0 bridgehead atoms. The van der Waals surface area contributed by atoms with E-state index in [1.165, 1.54) is 398 Å². The molecule has 0 aliphatic carbocycles. The maximum absolute atomic E-state index is 12.5. The average molecular weight is 1270 g/mol. The first kappa shape index (κ1) is 88.1. The van der Waals surface area contributed by atoms with Gasteiger partial charge in [0, 0.05) is 12.8 Å². The maximum atomic E-state index is 12.5. The van der Waals surface area contributed by atoms with Crippen LogP contribution < -0.4 is 5.32 Å². The molecule has 0 heterocycles. The fraction of sp³-hybridized carbons (Fsp3) is 0.905. The summed E-state index contributed by atoms with van der Waals surface area (Å²) in [6.07, 6.45) is 104. The van der Waals surface area contributed by atoms with E-state index in [1.807, 2.05) is 6.08 Å². The number of hydrogen-bond acceptors (Lipinski definition) is 5. The Hall–Kier alpha value is -1.92. The number of unbranched alkanes of at least 4 members (excludes halogenated alkanes) is 63. The number of amides is 1. The molecule has 2 unspecified atom stereocenters. The van der Waals surface area contributed by atoms with Gasteiger partial charge >= 0.3 is 5.97 Å². The largest absolute Gasteiger partial charge is 0.466 e. The number of carbonyl (C=O) groups excluding carboxylic acids is 2. The summed E-state index contributed by atoms with van der Waals surface area (Å²) in [5.41, 5.74) is 0. The lowest BCUT2D eigenvalue weighted by molar-refractivity contribution is -0.143. The third kappa shape index (κ3) is 75.1. The standard InChI is InChI=1S/C84H161NO5/c1-3-5-7-9-11-13-15-17-19-21-41-46-50-54-58-62-66-70-74-78-84(89)90-79-75-71-67-63-59-55-51-47-43-40-38-36-34-32-30-28-26-24-22-23-25-27-29-31-33-35-37-39-42-45-49-53-57-61-65-69-73-77-83(88)85-81(80-86)82(87)76-72-68-64-60-56-52-48-44-20-18-16-14-12-10-8-6-4-2/h17,19,22,24,72,76,81-82,86-87H,3-16,18,20-21,23,25-71,73-75,77-80H2,1-2H3,(H,85,88)/b19-17-,24-22-,76-72+. The molecule has 0 aliphatic rings. The summed E-state index contributed by atoms with van der Waals surface area (Å²) in [4.78, 5) is 24.7. The van der Waals surface area contributed by atoms with Crippen molar-refractivity contribution >= 4 is 11.9 Å². The Balaban J connectivity index is 3.33. The van der Waals surface area contributed by atoms with Gasteiger partial charge in [0.2, 0.25) is 5.91 Å². The lowest BCUT2D eigenvalue weighted by atomic mass is 10.0. The molecule has 1 amide bonds. The Labute approximate surface area is 564 Å². The number of nitrogens with one attached hydrogen (secondary N) is 1. The highest BCUT2D eigenvalue weighted by Gasteiger charge is 2.18. The maximum Gasteiger partial charge on any atom is 0.305 e. The molecule has 90 heavy (non-hydrogen) atoms. The van der Waals surface area contributed by atoms with Gasteiger partial charge in [0.25, 0.3) is 0 Å². The molecule has 6 nitrogen and oxygen atoms in total. The van der Waals surface area contributed by atoms with E-state index in [9.17, 15) is 19.8 Å². The number of aliphatic hydroxyl groups is 2. The minimum atomic E-state index is -0.842. The summed E-state index contributed by atoms with van der Waals surface area (Å²) in [5, 5.41) is 23.2. The summed E-state index contributed by atoms with van der Waals surface area (Å²) >= 11 is 0. The number of esters is 1. The molecular formula is C84H161NO5. The van der Waals surface area contributed by atoms with Crippen LogP contribution in [0.1, 0.15) is 463 Å². The van der Waals surface area contributed by atoms with Gasteiger partial charge in [-0.25, -0.2) is 0 Å². The highest BCUT2D eigenvalue weighted by Crippen LogP contribution is 2.20. The Bertz CT molecular complexity index is 1460. The van der Waals surface area contributed by atoms with E-state index in [0.29, 0.717) is 19.4 Å². The third-order valence-electron chi connectivity index (χ3n) is 19.4. The van der Waals surface area contributed by atoms with Crippen molar-refractivity contribution in [3.05, 3.63) is 36.5 Å². The smallest absolute Gasteiger partial charge is 0.305 e. The lowest BCUT2D eigenvalue weighted by Crippen LogP contribution is -2.45. The van der Waals surface area contributed by atoms with Crippen LogP contribution in [0.2, 0.25) is 0 Å². The number of rotatable bonds is 78. The van der Waals surface area contributed by atoms with Gasteiger partial charge in [-0.2, -0.15) is 0 Å². The molecule has 532 valence electrons. The highest BCUT2D eigenvalue weighted by molar-refractivity contribution is 5.76. The topological polar surface area (TPSA) is 95.9 Å². The van der Waals surface area contributed by atoms with Crippen molar-refractivity contribution < 1.29 is 24.5 Å². The second kappa shape index (κ2) is 79.5. The molecule has 0 aliphatic heterocycles. The van der Waals surface area contributed by atoms with Gasteiger partial charge in [-0.3, -0.25) is 9.59 Å². The SMILES string of the molecule is CCCCCCCC/C=C\CCCCCCCCCCCC(=O)OCCCCCCCCCCCCCCCCCC/C=C\CCCCCCCCCCCCCCCCCCCC(=O)NC(CO)C(O)/C=C/CCCCCCCCCCCCCCCCC. The van der Waals surface area contributed by atoms with Crippen LogP contribution in [0.3, 0.4) is 0 Å². The predicted octanol–water partition coefficient (Wildman–Crippen LogP) is 27.4. The molecule has 0 fully saturated rings. The van der Waals surface area contributed by atoms with Crippen molar-refractivity contribution in [1.29, 1.82) is 0 Å². The van der Waals surface area contributed by atoms with Crippen LogP contribution >= 0.6 is 0 Å². The summed E-state index contributed by atoms with van der Waals surface area (Å²) in [5.74, 6) is -0.0387. The summed E-state index contributed by atoms with van der Waals surface area (Å²) < 4.78 is 5.52. The fourth-order valence-electron chi connectivity index (χ4n) is 13.1. The molecule has 0 spiro atoms. The highest BCUT2D eigenvalue weighted by atomic mass is 16.5. The fourth-order valence-corrected chi connectivity index (χ4v) is 13.1. The zero-order valence-electron chi connectivity index (χ0n) is 61.1. The van der Waals surface area contributed by atoms with Crippen LogP contribution in [0.5, 0.6) is 0 Å². The molecule has 2 atom stereocenters. The number of aliphatic hydroxyl groups excluding tert-OH is 2. The van der Waals surface area contributed by atoms with Gasteiger partial charge in [-0.05, 0) is 83.5 Å². The zero-order chi connectivity index (χ0) is 64.9. The third-order valence-corrected chi connectivity index (χ3v) is 19.4. The van der Waals surface area contributed by atoms with Crippen molar-refractivity contribution in [2.24, 2.45) is 0 Å². The van der Waals surface area contributed by atoms with Crippen LogP contribution in [-0.4, -0.2) is 47.4 Å². The molecule has 0 saturated heterocycles. The van der Waals surface area contributed by atoms with Crippen LogP contribution in [-0.2, 0) is 14.3 Å². The number of carbonyl (C=O) groups is 2. The average Bonchev–Trinajstić information content (AvgIpc) is 3.60. The molecule has 6 heteroatoms. The van der Waals surface area contributed by atoms with Crippen molar-refractivity contribution in [2.45, 2.75) is 475 Å². The summed E-state index contributed by atoms with van der Waals surface area (Å²) in [6, 6.07) is -0.625. The minimum absolute atomic E-state index is 0.0217. The molecule has 0 saturated carbocycles. The van der Waals surface area contributed by atoms with Crippen molar-refractivity contribution in [2.75, 3.05) is 13.2 Å². The van der Waals surface area contributed by atoms with Gasteiger partial charge in [-0.1, -0.05) is 403 Å². The minimum Gasteiger partial charge on any atom is -0.466 e. The molecular weight excluding hydrogens is 1100 g/mol. The molecule has 3 N–H and O–H groups in total. The van der Waals surface area contributed by atoms with E-state index in [-0.39, 0.29) is 18.5 Å². The van der Waals surface area contributed by atoms with Gasteiger partial charge in [-0.15, -0.1) is 0 Å². The van der Waals surface area contributed by atoms with Crippen LogP contribution in [0.25, 0.3) is 0 Å². The van der Waals surface area contributed by atoms with Crippen LogP contribution in [0, 0.1) is 0 Å². The Morgan fingerprint density at radius 2 is 0.522 bits per heavy atom.